The predicted molar refractivity (Wildman–Crippen MR) is 106 cm³/mol. The lowest BCUT2D eigenvalue weighted by atomic mass is 10.2. The Kier molecular flexibility index (Phi) is 5.82. The van der Waals surface area contributed by atoms with Gasteiger partial charge < -0.3 is 10.1 Å². The molecule has 2 aromatic heterocycles. The molecule has 0 aliphatic heterocycles. The van der Waals surface area contributed by atoms with Gasteiger partial charge in [-0.2, -0.15) is 0 Å². The Bertz CT molecular complexity index is 1010. The van der Waals surface area contributed by atoms with Crippen molar-refractivity contribution in [2.45, 2.75) is 33.2 Å². The first kappa shape index (κ1) is 20.4. The molecular weight excluding hydrogens is 486 g/mol. The van der Waals surface area contributed by atoms with Crippen LogP contribution >= 0.6 is 22.6 Å². The zero-order chi connectivity index (χ0) is 20.5. The third-order valence-electron chi connectivity index (χ3n) is 4.13. The van der Waals surface area contributed by atoms with E-state index in [1.165, 1.54) is 24.3 Å². The second kappa shape index (κ2) is 7.98. The Morgan fingerprint density at radius 2 is 1.96 bits per heavy atom. The molecule has 0 saturated heterocycles. The molecule has 3 rings (SSSR count). The fourth-order valence-corrected chi connectivity index (χ4v) is 3.19. The van der Waals surface area contributed by atoms with Gasteiger partial charge in [0.15, 0.2) is 0 Å². The lowest BCUT2D eigenvalue weighted by molar-refractivity contribution is -0.274. The number of benzene rings is 1. The minimum atomic E-state index is -4.73. The average Bonchev–Trinajstić information content (AvgIpc) is 2.97. The number of ether oxygens (including phenoxy) is 1. The highest BCUT2D eigenvalue weighted by molar-refractivity contribution is 14.1. The minimum absolute atomic E-state index is 0.171. The van der Waals surface area contributed by atoms with E-state index in [0.717, 1.165) is 9.13 Å². The molecule has 1 N–H and O–H groups in total. The zero-order valence-electron chi connectivity index (χ0n) is 15.1. The van der Waals surface area contributed by atoms with Crippen LogP contribution in [-0.2, 0) is 13.0 Å². The fraction of sp³-hybridized carbons (Fsp3) is 0.263. The van der Waals surface area contributed by atoms with E-state index in [0.29, 0.717) is 29.0 Å². The summed E-state index contributed by atoms with van der Waals surface area (Å²) in [4.78, 5) is 17.3. The predicted octanol–water partition coefficient (Wildman–Crippen LogP) is 4.64. The summed E-state index contributed by atoms with van der Waals surface area (Å²) in [7, 11) is 0. The summed E-state index contributed by atoms with van der Waals surface area (Å²) < 4.78 is 43.3. The van der Waals surface area contributed by atoms with Crippen molar-refractivity contribution >= 4 is 34.1 Å². The standard InChI is InChI=1S/C19H17F3IN3O2/c1-3-15-17(26-10-11(2)14(23)8-16(26)25-15)18(27)24-9-12-4-6-13(7-5-12)28-19(20,21)22/h4-8,10H,3,9H2,1-2H3,(H,24,27). The topological polar surface area (TPSA) is 55.6 Å². The van der Waals surface area contributed by atoms with E-state index in [-0.39, 0.29) is 18.2 Å². The number of fused-ring (bicyclic) bond motifs is 1. The van der Waals surface area contributed by atoms with E-state index in [1.807, 2.05) is 26.1 Å². The highest BCUT2D eigenvalue weighted by Gasteiger charge is 2.31. The van der Waals surface area contributed by atoms with Gasteiger partial charge in [-0.05, 0) is 65.3 Å². The second-order valence-electron chi connectivity index (χ2n) is 6.17. The largest absolute Gasteiger partial charge is 0.573 e. The van der Waals surface area contributed by atoms with Crippen LogP contribution in [0.5, 0.6) is 5.75 Å². The van der Waals surface area contributed by atoms with Gasteiger partial charge in [0.2, 0.25) is 0 Å². The molecule has 0 aliphatic rings. The van der Waals surface area contributed by atoms with Crippen LogP contribution in [0.3, 0.4) is 0 Å². The van der Waals surface area contributed by atoms with Crippen LogP contribution < -0.4 is 10.1 Å². The van der Waals surface area contributed by atoms with Crippen molar-refractivity contribution in [2.75, 3.05) is 0 Å². The van der Waals surface area contributed by atoms with Gasteiger partial charge in [-0.1, -0.05) is 19.1 Å². The number of aryl methyl sites for hydroxylation is 2. The van der Waals surface area contributed by atoms with Crippen molar-refractivity contribution in [3.05, 3.63) is 62.6 Å². The molecule has 0 aliphatic carbocycles. The molecule has 0 fully saturated rings. The molecule has 0 bridgehead atoms. The lowest BCUT2D eigenvalue weighted by Crippen LogP contribution is -2.25. The molecule has 28 heavy (non-hydrogen) atoms. The SMILES string of the molecule is CCc1nc2cc(I)c(C)cn2c1C(=O)NCc1ccc(OC(F)(F)F)cc1. The molecule has 1 amide bonds. The molecule has 0 saturated carbocycles. The maximum absolute atomic E-state index is 12.8. The van der Waals surface area contributed by atoms with Crippen LogP contribution in [0, 0.1) is 10.5 Å². The number of alkyl halides is 3. The maximum Gasteiger partial charge on any atom is 0.573 e. The number of carbonyl (C=O) groups is 1. The summed E-state index contributed by atoms with van der Waals surface area (Å²) in [6, 6.07) is 7.30. The number of amides is 1. The monoisotopic (exact) mass is 503 g/mol. The summed E-state index contributed by atoms with van der Waals surface area (Å²) in [5, 5.41) is 2.81. The van der Waals surface area contributed by atoms with Crippen molar-refractivity contribution in [3.63, 3.8) is 0 Å². The molecule has 0 spiro atoms. The summed E-state index contributed by atoms with van der Waals surface area (Å²) in [6.45, 7) is 4.06. The quantitative estimate of drug-likeness (QED) is 0.517. The first-order valence-electron chi connectivity index (χ1n) is 8.48. The number of pyridine rings is 1. The van der Waals surface area contributed by atoms with E-state index in [4.69, 9.17) is 0 Å². The number of aromatic nitrogens is 2. The lowest BCUT2D eigenvalue weighted by Gasteiger charge is -2.10. The summed E-state index contributed by atoms with van der Waals surface area (Å²) in [5.41, 5.74) is 3.54. The summed E-state index contributed by atoms with van der Waals surface area (Å²) >= 11 is 2.22. The Hall–Kier alpha value is -2.30. The summed E-state index contributed by atoms with van der Waals surface area (Å²) in [6.07, 6.45) is -2.25. The first-order chi connectivity index (χ1) is 13.2. The van der Waals surface area contributed by atoms with Crippen LogP contribution in [0.25, 0.3) is 5.65 Å². The molecule has 2 heterocycles. The van der Waals surface area contributed by atoms with Gasteiger partial charge in [0, 0.05) is 16.3 Å². The summed E-state index contributed by atoms with van der Waals surface area (Å²) in [5.74, 6) is -0.594. The number of nitrogens with one attached hydrogen (secondary N) is 1. The molecule has 3 aromatic rings. The van der Waals surface area contributed by atoms with Crippen LogP contribution in [0.15, 0.2) is 36.5 Å². The number of imidazole rings is 1. The molecule has 5 nitrogen and oxygen atoms in total. The van der Waals surface area contributed by atoms with Gasteiger partial charge in [0.1, 0.15) is 17.1 Å². The Morgan fingerprint density at radius 1 is 1.29 bits per heavy atom. The van der Waals surface area contributed by atoms with Crippen LogP contribution in [0.1, 0.15) is 34.2 Å². The van der Waals surface area contributed by atoms with Gasteiger partial charge in [-0.3, -0.25) is 9.20 Å². The smallest absolute Gasteiger partial charge is 0.406 e. The van der Waals surface area contributed by atoms with Crippen molar-refractivity contribution < 1.29 is 22.7 Å². The molecular formula is C19H17F3IN3O2. The number of hydrogen-bond donors (Lipinski definition) is 1. The third-order valence-corrected chi connectivity index (χ3v) is 5.29. The van der Waals surface area contributed by atoms with Crippen molar-refractivity contribution in [2.24, 2.45) is 0 Å². The van der Waals surface area contributed by atoms with Gasteiger partial charge >= 0.3 is 6.36 Å². The van der Waals surface area contributed by atoms with E-state index < -0.39 is 6.36 Å². The second-order valence-corrected chi connectivity index (χ2v) is 7.33. The average molecular weight is 503 g/mol. The number of carbonyl (C=O) groups excluding carboxylic acids is 1. The Balaban J connectivity index is 1.77. The highest BCUT2D eigenvalue weighted by Crippen LogP contribution is 2.23. The number of rotatable bonds is 5. The van der Waals surface area contributed by atoms with Crippen molar-refractivity contribution in [1.29, 1.82) is 0 Å². The minimum Gasteiger partial charge on any atom is -0.406 e. The maximum atomic E-state index is 12.8. The number of hydrogen-bond acceptors (Lipinski definition) is 3. The third kappa shape index (κ3) is 4.57. The van der Waals surface area contributed by atoms with Gasteiger partial charge in [-0.25, -0.2) is 4.98 Å². The van der Waals surface area contributed by atoms with Gasteiger partial charge in [-0.15, -0.1) is 13.2 Å². The van der Waals surface area contributed by atoms with Crippen LogP contribution in [0.2, 0.25) is 0 Å². The molecule has 0 unspecified atom stereocenters. The van der Waals surface area contributed by atoms with Gasteiger partial charge in [0.05, 0.1) is 5.69 Å². The highest BCUT2D eigenvalue weighted by atomic mass is 127. The van der Waals surface area contributed by atoms with Crippen LogP contribution in [0.4, 0.5) is 13.2 Å². The number of nitrogens with zero attached hydrogens (tertiary/aromatic N) is 2. The number of halogens is 4. The molecule has 0 radical (unpaired) electrons. The van der Waals surface area contributed by atoms with E-state index >= 15 is 0 Å². The van der Waals surface area contributed by atoms with E-state index in [9.17, 15) is 18.0 Å². The Morgan fingerprint density at radius 3 is 2.57 bits per heavy atom. The van der Waals surface area contributed by atoms with Crippen molar-refractivity contribution in [1.82, 2.24) is 14.7 Å². The first-order valence-corrected chi connectivity index (χ1v) is 9.55. The van der Waals surface area contributed by atoms with E-state index in [2.05, 4.69) is 37.6 Å². The zero-order valence-corrected chi connectivity index (χ0v) is 17.3. The molecule has 1 aromatic carbocycles. The Labute approximate surface area is 173 Å². The van der Waals surface area contributed by atoms with E-state index in [1.54, 1.807) is 4.40 Å². The molecule has 148 valence electrons. The normalized spacial score (nSPS) is 11.6. The molecule has 9 heteroatoms. The van der Waals surface area contributed by atoms with Crippen LogP contribution in [-0.4, -0.2) is 21.7 Å². The molecule has 0 atom stereocenters. The van der Waals surface area contributed by atoms with Gasteiger partial charge in [0.25, 0.3) is 5.91 Å². The fourth-order valence-electron chi connectivity index (χ4n) is 2.78. The van der Waals surface area contributed by atoms with Crippen molar-refractivity contribution in [3.8, 4) is 5.75 Å².